The second-order valence-corrected chi connectivity index (χ2v) is 29.5. The van der Waals surface area contributed by atoms with Gasteiger partial charge >= 0.3 is 0 Å². The largest absolute Gasteiger partial charge is 0.330 e. The molecule has 0 saturated heterocycles. The first-order valence-corrected chi connectivity index (χ1v) is 39.2. The second kappa shape index (κ2) is 62.3. The molecule has 0 fully saturated rings. The van der Waals surface area contributed by atoms with E-state index >= 15 is 0 Å². The Kier molecular flexibility index (Phi) is 65.2. The van der Waals surface area contributed by atoms with Crippen LogP contribution in [0.4, 0.5) is 0 Å². The summed E-state index contributed by atoms with van der Waals surface area (Å²) in [6.45, 7) is 43.6. The van der Waals surface area contributed by atoms with E-state index in [0.29, 0.717) is 61.7 Å². The van der Waals surface area contributed by atoms with Crippen molar-refractivity contribution < 1.29 is 9.13 Å². The number of aryl methyl sites for hydroxylation is 4. The predicted molar refractivity (Wildman–Crippen MR) is 416 cm³/mol. The molecule has 0 spiro atoms. The summed E-state index contributed by atoms with van der Waals surface area (Å²) in [7, 11) is -4.08. The summed E-state index contributed by atoms with van der Waals surface area (Å²) in [6, 6.07) is 55.2. The SMILES string of the molecule is C=CC(C)CN.C=CC(C)CN.CBr.CC.CC.CC(/C=C/c1ccccc1)CN.CC(CN)CCc1ccccc1.CP(C)(=O)c1ccc(Br)cc1.CP(C)(=O)c1ccccc1.Cc1ccc(/C=C/C(C)CN)cc1.Cc1ccc(CCC(C)CN)cc1. The molecule has 0 heterocycles. The number of benzene rings is 6. The van der Waals surface area contributed by atoms with Gasteiger partial charge in [0.15, 0.2) is 0 Å². The smallest absolute Gasteiger partial charge is 0.109 e. The number of alkyl halides is 1. The van der Waals surface area contributed by atoms with Gasteiger partial charge in [-0.1, -0.05) is 300 Å². The van der Waals surface area contributed by atoms with Gasteiger partial charge in [0, 0.05) is 15.1 Å². The van der Waals surface area contributed by atoms with E-state index in [-0.39, 0.29) is 0 Å². The van der Waals surface area contributed by atoms with E-state index in [1.807, 2.05) is 132 Å². The van der Waals surface area contributed by atoms with Crippen molar-refractivity contribution in [2.45, 2.75) is 109 Å². The van der Waals surface area contributed by atoms with Gasteiger partial charge in [-0.15, -0.1) is 13.2 Å². The van der Waals surface area contributed by atoms with E-state index in [4.69, 9.17) is 34.4 Å². The fourth-order valence-electron chi connectivity index (χ4n) is 6.19. The van der Waals surface area contributed by atoms with Gasteiger partial charge in [-0.25, -0.2) is 0 Å². The summed E-state index contributed by atoms with van der Waals surface area (Å²) in [5, 5.41) is 1.88. The average Bonchev–Trinajstić information content (AvgIpc) is 3.71. The lowest BCUT2D eigenvalue weighted by molar-refractivity contribution is 0.544. The van der Waals surface area contributed by atoms with Gasteiger partial charge in [0.05, 0.1) is 0 Å². The molecule has 6 rings (SSSR count). The molecule has 12 heteroatoms. The van der Waals surface area contributed by atoms with Crippen LogP contribution >= 0.6 is 46.1 Å². The highest BCUT2D eigenvalue weighted by molar-refractivity contribution is 9.10. The molecular formula is C77H126Br2N6O2P2. The molecule has 0 radical (unpaired) electrons. The van der Waals surface area contributed by atoms with Crippen molar-refractivity contribution in [3.63, 3.8) is 0 Å². The van der Waals surface area contributed by atoms with Crippen LogP contribution in [0.3, 0.4) is 0 Å². The molecule has 0 saturated carbocycles. The Hall–Kier alpha value is -4.54. The Balaban J connectivity index is -0.000000301. The summed E-state index contributed by atoms with van der Waals surface area (Å²) in [4.78, 5) is 0. The van der Waals surface area contributed by atoms with Crippen molar-refractivity contribution in [3.05, 3.63) is 239 Å². The maximum absolute atomic E-state index is 11.5. The zero-order valence-corrected chi connectivity index (χ0v) is 63.4. The Morgan fingerprint density at radius 1 is 0.404 bits per heavy atom. The third-order valence-corrected chi connectivity index (χ3v) is 16.5. The maximum Gasteiger partial charge on any atom is 0.109 e. The minimum absolute atomic E-state index is 0.460. The Morgan fingerprint density at radius 3 is 0.989 bits per heavy atom. The molecule has 0 amide bonds. The maximum atomic E-state index is 11.5. The van der Waals surface area contributed by atoms with Gasteiger partial charge in [-0.05, 0) is 181 Å². The molecule has 6 unspecified atom stereocenters. The number of hydrogen-bond acceptors (Lipinski definition) is 8. The molecule has 500 valence electrons. The second-order valence-electron chi connectivity index (χ2n) is 22.1. The molecule has 0 aliphatic rings. The van der Waals surface area contributed by atoms with Gasteiger partial charge < -0.3 is 43.5 Å². The van der Waals surface area contributed by atoms with E-state index in [2.05, 4.69) is 202 Å². The zero-order chi connectivity index (χ0) is 69.1. The summed E-state index contributed by atoms with van der Waals surface area (Å²) >= 11 is 6.26. The van der Waals surface area contributed by atoms with Crippen LogP contribution in [-0.2, 0) is 22.0 Å². The fourth-order valence-corrected chi connectivity index (χ4v) is 8.21. The third kappa shape index (κ3) is 58.3. The van der Waals surface area contributed by atoms with Gasteiger partial charge in [-0.3, -0.25) is 0 Å². The minimum Gasteiger partial charge on any atom is -0.330 e. The molecule has 0 aliphatic heterocycles. The lowest BCUT2D eigenvalue weighted by Crippen LogP contribution is -2.11. The van der Waals surface area contributed by atoms with Crippen LogP contribution in [-0.4, -0.2) is 71.8 Å². The van der Waals surface area contributed by atoms with Crippen LogP contribution in [0.25, 0.3) is 12.2 Å². The molecule has 89 heavy (non-hydrogen) atoms. The molecule has 6 aromatic carbocycles. The van der Waals surface area contributed by atoms with Crippen molar-refractivity contribution in [1.29, 1.82) is 0 Å². The fraction of sp³-hybridized carbons (Fsp3) is 0.429. The van der Waals surface area contributed by atoms with Crippen LogP contribution in [0.1, 0.15) is 115 Å². The van der Waals surface area contributed by atoms with Crippen molar-refractivity contribution in [1.82, 2.24) is 0 Å². The van der Waals surface area contributed by atoms with Gasteiger partial charge in [0.1, 0.15) is 14.3 Å². The van der Waals surface area contributed by atoms with Crippen LogP contribution in [0.15, 0.2) is 206 Å². The summed E-state index contributed by atoms with van der Waals surface area (Å²) < 4.78 is 24.0. The monoisotopic (exact) mass is 1390 g/mol. The van der Waals surface area contributed by atoms with Crippen molar-refractivity contribution in [2.24, 2.45) is 69.9 Å². The van der Waals surface area contributed by atoms with E-state index in [9.17, 15) is 9.13 Å². The van der Waals surface area contributed by atoms with Gasteiger partial charge in [-0.2, -0.15) is 0 Å². The Bertz CT molecular complexity index is 2630. The number of nitrogens with two attached hydrogens (primary N) is 6. The Labute approximate surface area is 563 Å². The molecule has 0 bridgehead atoms. The lowest BCUT2D eigenvalue weighted by Gasteiger charge is -2.07. The quantitative estimate of drug-likeness (QED) is 0.0247. The van der Waals surface area contributed by atoms with Crippen LogP contribution in [0, 0.1) is 49.4 Å². The normalized spacial score (nSPS) is 12.1. The first-order valence-electron chi connectivity index (χ1n) is 31.6. The van der Waals surface area contributed by atoms with Crippen molar-refractivity contribution >= 4 is 68.9 Å². The summed E-state index contributed by atoms with van der Waals surface area (Å²) in [6.07, 6.45) is 16.9. The standard InChI is InChI=1S/C12H19N.C12H17N.C11H17N.C11H15N.C8H10BrOP.C8H11OP.2C5H11N.2C2H6.CH3Br/c2*1-10-3-6-12(7-4-10)8-5-11(2)9-13;2*1-10(9-12)7-8-11-5-3-2-4-6-11;1-11(2,10)8-5-3-7(9)4-6-8;1-10(2,9)8-6-4-3-5-7-8;2*1-3-5(2)4-6;3*1-2/h3-4,6-7,11H,5,8-9,13H2,1-2H3;3-8,11H,9,13H2,1-2H3;2-6,10H,7-9,12H2,1H3;2-8,10H,9,12H2,1H3;3-6H,1-2H3;3-7H,1-2H3;2*3,5H,1,4,6H2,2H3;2*1-2H3;1H3/b;8-5+;;8-7+;;;;;;;. The van der Waals surface area contributed by atoms with E-state index in [0.717, 1.165) is 41.0 Å². The first-order chi connectivity index (χ1) is 42.3. The summed E-state index contributed by atoms with van der Waals surface area (Å²) in [5.41, 5.74) is 40.5. The van der Waals surface area contributed by atoms with Crippen LogP contribution < -0.4 is 45.0 Å². The number of rotatable bonds is 20. The Morgan fingerprint density at radius 2 is 0.697 bits per heavy atom. The first kappa shape index (κ1) is 93.2. The minimum atomic E-state index is -2.06. The van der Waals surface area contributed by atoms with Gasteiger partial charge in [0.2, 0.25) is 0 Å². The van der Waals surface area contributed by atoms with Crippen LogP contribution in [0.2, 0.25) is 0 Å². The molecule has 6 aromatic rings. The van der Waals surface area contributed by atoms with Gasteiger partial charge in [0.25, 0.3) is 0 Å². The highest BCUT2D eigenvalue weighted by atomic mass is 79.9. The average molecular weight is 1390 g/mol. The number of hydrogen-bond donors (Lipinski definition) is 6. The van der Waals surface area contributed by atoms with E-state index in [1.165, 1.54) is 46.2 Å². The predicted octanol–water partition coefficient (Wildman–Crippen LogP) is 18.9. The summed E-state index contributed by atoms with van der Waals surface area (Å²) in [5.74, 6) is 4.97. The van der Waals surface area contributed by atoms with E-state index in [1.54, 1.807) is 26.7 Å². The van der Waals surface area contributed by atoms with Crippen molar-refractivity contribution in [3.8, 4) is 0 Å². The van der Waals surface area contributed by atoms with Crippen molar-refractivity contribution in [2.75, 3.05) is 71.8 Å². The topological polar surface area (TPSA) is 190 Å². The van der Waals surface area contributed by atoms with E-state index < -0.39 is 14.3 Å². The lowest BCUT2D eigenvalue weighted by atomic mass is 10.0. The molecule has 12 N–H and O–H groups in total. The molecule has 0 aliphatic carbocycles. The molecule has 8 nitrogen and oxygen atoms in total. The highest BCUT2D eigenvalue weighted by Crippen LogP contribution is 2.35. The molecule has 0 aromatic heterocycles. The molecule has 6 atom stereocenters. The third-order valence-electron chi connectivity index (χ3n) is 12.8. The van der Waals surface area contributed by atoms with Crippen LogP contribution in [0.5, 0.6) is 0 Å². The highest BCUT2D eigenvalue weighted by Gasteiger charge is 2.10. The zero-order valence-electron chi connectivity index (χ0n) is 58.4. The number of halogens is 2. The molecular weight excluding hydrogens is 1260 g/mol.